The SMILES string of the molecule is Cc1ccc(N(C)C(=O)CC(C)(C)C(=O)O)c(C)c1. The van der Waals surface area contributed by atoms with E-state index in [-0.39, 0.29) is 12.3 Å². The predicted octanol–water partition coefficient (Wildman–Crippen LogP) is 2.77. The Morgan fingerprint density at radius 3 is 2.32 bits per heavy atom. The van der Waals surface area contributed by atoms with E-state index in [9.17, 15) is 9.59 Å². The third-order valence-corrected chi connectivity index (χ3v) is 3.26. The molecule has 0 heterocycles. The molecule has 0 fully saturated rings. The molecule has 19 heavy (non-hydrogen) atoms. The lowest BCUT2D eigenvalue weighted by Gasteiger charge is -2.24. The van der Waals surface area contributed by atoms with Gasteiger partial charge in [0, 0.05) is 19.2 Å². The van der Waals surface area contributed by atoms with Crippen LogP contribution in [0.1, 0.15) is 31.4 Å². The van der Waals surface area contributed by atoms with Gasteiger partial charge in [0.05, 0.1) is 5.41 Å². The van der Waals surface area contributed by atoms with Crippen molar-refractivity contribution in [3.8, 4) is 0 Å². The van der Waals surface area contributed by atoms with Gasteiger partial charge in [-0.15, -0.1) is 0 Å². The molecule has 104 valence electrons. The van der Waals surface area contributed by atoms with Crippen LogP contribution >= 0.6 is 0 Å². The van der Waals surface area contributed by atoms with Crippen molar-refractivity contribution < 1.29 is 14.7 Å². The summed E-state index contributed by atoms with van der Waals surface area (Å²) in [6, 6.07) is 5.83. The lowest BCUT2D eigenvalue weighted by Crippen LogP contribution is -2.35. The molecule has 0 radical (unpaired) electrons. The number of benzene rings is 1. The van der Waals surface area contributed by atoms with E-state index in [4.69, 9.17) is 5.11 Å². The number of carbonyl (C=O) groups excluding carboxylic acids is 1. The molecule has 0 aliphatic carbocycles. The van der Waals surface area contributed by atoms with Crippen molar-refractivity contribution in [3.05, 3.63) is 29.3 Å². The summed E-state index contributed by atoms with van der Waals surface area (Å²) in [4.78, 5) is 24.7. The minimum absolute atomic E-state index is 0.0217. The number of anilines is 1. The lowest BCUT2D eigenvalue weighted by atomic mass is 9.89. The molecule has 0 spiro atoms. The highest BCUT2D eigenvalue weighted by atomic mass is 16.4. The van der Waals surface area contributed by atoms with Gasteiger partial charge in [-0.1, -0.05) is 17.7 Å². The molecule has 0 saturated carbocycles. The first kappa shape index (κ1) is 15.2. The van der Waals surface area contributed by atoms with Crippen molar-refractivity contribution in [2.24, 2.45) is 5.41 Å². The molecule has 0 unspecified atom stereocenters. The smallest absolute Gasteiger partial charge is 0.309 e. The molecule has 0 saturated heterocycles. The maximum Gasteiger partial charge on any atom is 0.309 e. The van der Waals surface area contributed by atoms with E-state index in [2.05, 4.69) is 0 Å². The Hall–Kier alpha value is -1.84. The van der Waals surface area contributed by atoms with Crippen molar-refractivity contribution >= 4 is 17.6 Å². The zero-order valence-electron chi connectivity index (χ0n) is 12.2. The zero-order chi connectivity index (χ0) is 14.8. The summed E-state index contributed by atoms with van der Waals surface area (Å²) in [5.74, 6) is -1.16. The number of carboxylic acids is 1. The van der Waals surface area contributed by atoms with Crippen molar-refractivity contribution in [1.29, 1.82) is 0 Å². The number of rotatable bonds is 4. The fourth-order valence-electron chi connectivity index (χ4n) is 1.89. The van der Waals surface area contributed by atoms with Gasteiger partial charge in [0.25, 0.3) is 0 Å². The van der Waals surface area contributed by atoms with Crippen LogP contribution in [-0.2, 0) is 9.59 Å². The summed E-state index contributed by atoms with van der Waals surface area (Å²) in [5, 5.41) is 9.06. The highest BCUT2D eigenvalue weighted by molar-refractivity contribution is 5.96. The Morgan fingerprint density at radius 1 is 1.26 bits per heavy atom. The molecule has 1 N–H and O–H groups in total. The largest absolute Gasteiger partial charge is 0.481 e. The van der Waals surface area contributed by atoms with Gasteiger partial charge in [-0.25, -0.2) is 0 Å². The highest BCUT2D eigenvalue weighted by Gasteiger charge is 2.31. The molecule has 0 bridgehead atoms. The van der Waals surface area contributed by atoms with Gasteiger partial charge in [0.2, 0.25) is 5.91 Å². The number of carboxylic acid groups (broad SMARTS) is 1. The predicted molar refractivity (Wildman–Crippen MR) is 75.4 cm³/mol. The minimum Gasteiger partial charge on any atom is -0.481 e. The van der Waals surface area contributed by atoms with E-state index < -0.39 is 11.4 Å². The maximum absolute atomic E-state index is 12.2. The molecule has 0 aromatic heterocycles. The normalized spacial score (nSPS) is 11.2. The van der Waals surface area contributed by atoms with Gasteiger partial charge in [-0.3, -0.25) is 9.59 Å². The summed E-state index contributed by atoms with van der Waals surface area (Å²) >= 11 is 0. The molecule has 0 aliphatic rings. The van der Waals surface area contributed by atoms with Gasteiger partial charge < -0.3 is 10.0 Å². The second-order valence-corrected chi connectivity index (χ2v) is 5.61. The van der Waals surface area contributed by atoms with E-state index in [1.807, 2.05) is 32.0 Å². The summed E-state index contributed by atoms with van der Waals surface area (Å²) < 4.78 is 0. The molecule has 1 amide bonds. The van der Waals surface area contributed by atoms with Gasteiger partial charge in [0.1, 0.15) is 0 Å². The lowest BCUT2D eigenvalue weighted by molar-refractivity contribution is -0.149. The van der Waals surface area contributed by atoms with Crippen LogP contribution in [0.4, 0.5) is 5.69 Å². The molecule has 4 nitrogen and oxygen atoms in total. The van der Waals surface area contributed by atoms with E-state index in [1.54, 1.807) is 20.9 Å². The van der Waals surface area contributed by atoms with Crippen LogP contribution in [0.5, 0.6) is 0 Å². The van der Waals surface area contributed by atoms with Crippen LogP contribution in [0.25, 0.3) is 0 Å². The first-order chi connectivity index (χ1) is 8.65. The molecule has 4 heteroatoms. The van der Waals surface area contributed by atoms with E-state index in [1.165, 1.54) is 4.90 Å². The Kier molecular flexibility index (Phi) is 4.35. The molecule has 0 atom stereocenters. The number of carbonyl (C=O) groups is 2. The van der Waals surface area contributed by atoms with Crippen molar-refractivity contribution in [3.63, 3.8) is 0 Å². The van der Waals surface area contributed by atoms with E-state index >= 15 is 0 Å². The molecule has 1 aromatic rings. The number of hydrogen-bond acceptors (Lipinski definition) is 2. The first-order valence-electron chi connectivity index (χ1n) is 6.22. The van der Waals surface area contributed by atoms with Crippen LogP contribution < -0.4 is 4.90 Å². The van der Waals surface area contributed by atoms with Crippen molar-refractivity contribution in [2.75, 3.05) is 11.9 Å². The fourth-order valence-corrected chi connectivity index (χ4v) is 1.89. The summed E-state index contributed by atoms with van der Waals surface area (Å²) in [6.45, 7) is 7.05. The summed E-state index contributed by atoms with van der Waals surface area (Å²) in [5.41, 5.74) is 1.90. The second-order valence-electron chi connectivity index (χ2n) is 5.61. The highest BCUT2D eigenvalue weighted by Crippen LogP contribution is 2.25. The van der Waals surface area contributed by atoms with Gasteiger partial charge in [0.15, 0.2) is 0 Å². The van der Waals surface area contributed by atoms with Crippen LogP contribution in [-0.4, -0.2) is 24.0 Å². The maximum atomic E-state index is 12.2. The van der Waals surface area contributed by atoms with Crippen molar-refractivity contribution in [1.82, 2.24) is 0 Å². The van der Waals surface area contributed by atoms with E-state index in [0.29, 0.717) is 0 Å². The third kappa shape index (κ3) is 3.56. The summed E-state index contributed by atoms with van der Waals surface area (Å²) in [7, 11) is 1.68. The Bertz CT molecular complexity index is 506. The number of aryl methyl sites for hydroxylation is 2. The number of aliphatic carboxylic acids is 1. The minimum atomic E-state index is -1.05. The molecular weight excluding hydrogens is 242 g/mol. The molecule has 0 aliphatic heterocycles. The average Bonchev–Trinajstić information content (AvgIpc) is 2.27. The number of nitrogens with zero attached hydrogens (tertiary/aromatic N) is 1. The Balaban J connectivity index is 2.91. The van der Waals surface area contributed by atoms with Crippen LogP contribution in [0.15, 0.2) is 18.2 Å². The van der Waals surface area contributed by atoms with Crippen LogP contribution in [0.3, 0.4) is 0 Å². The number of hydrogen-bond donors (Lipinski definition) is 1. The zero-order valence-corrected chi connectivity index (χ0v) is 12.2. The molecule has 1 rings (SSSR count). The van der Waals surface area contributed by atoms with Gasteiger partial charge >= 0.3 is 5.97 Å². The quantitative estimate of drug-likeness (QED) is 0.908. The standard InChI is InChI=1S/C15H21NO3/c1-10-6-7-12(11(2)8-10)16(5)13(17)9-15(3,4)14(18)19/h6-8H,9H2,1-5H3,(H,18,19). The average molecular weight is 263 g/mol. The van der Waals surface area contributed by atoms with Crippen molar-refractivity contribution in [2.45, 2.75) is 34.1 Å². The summed E-state index contributed by atoms with van der Waals surface area (Å²) in [6.07, 6.45) is -0.0217. The monoisotopic (exact) mass is 263 g/mol. The van der Waals surface area contributed by atoms with Crippen LogP contribution in [0.2, 0.25) is 0 Å². The first-order valence-corrected chi connectivity index (χ1v) is 6.22. The van der Waals surface area contributed by atoms with Gasteiger partial charge in [-0.2, -0.15) is 0 Å². The second kappa shape index (κ2) is 5.43. The molecular formula is C15H21NO3. The Labute approximate surface area is 114 Å². The molecule has 1 aromatic carbocycles. The Morgan fingerprint density at radius 2 is 1.84 bits per heavy atom. The van der Waals surface area contributed by atoms with Crippen LogP contribution in [0, 0.1) is 19.3 Å². The fraction of sp³-hybridized carbons (Fsp3) is 0.467. The topological polar surface area (TPSA) is 57.6 Å². The third-order valence-electron chi connectivity index (χ3n) is 3.26. The van der Waals surface area contributed by atoms with E-state index in [0.717, 1.165) is 16.8 Å². The number of amides is 1. The van der Waals surface area contributed by atoms with Gasteiger partial charge in [-0.05, 0) is 39.3 Å².